The molecule has 0 saturated heterocycles. The Labute approximate surface area is 145 Å². The molecule has 5 N–H and O–H groups in total. The molecule has 0 aliphatic heterocycles. The third kappa shape index (κ3) is 4.54. The van der Waals surface area contributed by atoms with E-state index in [1.54, 1.807) is 30.3 Å². The fourth-order valence-electron chi connectivity index (χ4n) is 2.34. The molecule has 2 aromatic rings. The molecule has 2 atom stereocenters. The van der Waals surface area contributed by atoms with Crippen LogP contribution in [0.3, 0.4) is 0 Å². The number of carboxylic acids is 1. The summed E-state index contributed by atoms with van der Waals surface area (Å²) in [6.45, 7) is 0. The molecule has 0 aliphatic rings. The summed E-state index contributed by atoms with van der Waals surface area (Å²) in [6.07, 6.45) is -0.715. The second kappa shape index (κ2) is 8.07. The topological polar surface area (TPSA) is 130 Å². The number of amides is 1. The molecule has 2 aromatic carbocycles. The van der Waals surface area contributed by atoms with Gasteiger partial charge in [0.15, 0.2) is 5.28 Å². The number of nitrogens with one attached hydrogen (secondary N) is 1. The fourth-order valence-corrected chi connectivity index (χ4v) is 3.34. The number of carbonyl (C=O) groups is 2. The van der Waals surface area contributed by atoms with Crippen molar-refractivity contribution in [2.75, 3.05) is 11.7 Å². The number of aromatic carboxylic acids is 1. The fraction of sp³-hybridized carbons (Fsp3) is 0.176. The molecule has 0 fully saturated rings. The van der Waals surface area contributed by atoms with Gasteiger partial charge in [0, 0.05) is 12.1 Å². The SMILES string of the molecule is N[C@](Cc1ccccc1)(C(=O)Nc1cccc(C(=O)O)c1)[PH](=O)CO. The van der Waals surface area contributed by atoms with E-state index in [0.29, 0.717) is 5.56 Å². The van der Waals surface area contributed by atoms with Crippen LogP contribution < -0.4 is 11.1 Å². The summed E-state index contributed by atoms with van der Waals surface area (Å²) in [5, 5.41) is 19.0. The van der Waals surface area contributed by atoms with Gasteiger partial charge in [-0.05, 0) is 23.8 Å². The third-order valence-corrected chi connectivity index (χ3v) is 5.43. The highest BCUT2D eigenvalue weighted by Crippen LogP contribution is 2.37. The maximum Gasteiger partial charge on any atom is 0.335 e. The number of hydrogen-bond donors (Lipinski definition) is 4. The Morgan fingerprint density at radius 2 is 1.80 bits per heavy atom. The summed E-state index contributed by atoms with van der Waals surface area (Å²) in [5.41, 5.74) is 7.04. The van der Waals surface area contributed by atoms with Crippen LogP contribution in [-0.2, 0) is 15.8 Å². The summed E-state index contributed by atoms with van der Waals surface area (Å²) in [6, 6.07) is 14.5. The lowest BCUT2D eigenvalue weighted by Gasteiger charge is -2.27. The second-order valence-electron chi connectivity index (χ2n) is 5.56. The molecule has 7 nitrogen and oxygen atoms in total. The first-order chi connectivity index (χ1) is 11.9. The van der Waals surface area contributed by atoms with Crippen molar-refractivity contribution in [1.29, 1.82) is 0 Å². The molecule has 0 heterocycles. The van der Waals surface area contributed by atoms with Gasteiger partial charge in [-0.15, -0.1) is 0 Å². The molecule has 1 amide bonds. The van der Waals surface area contributed by atoms with Crippen molar-refractivity contribution in [3.8, 4) is 0 Å². The van der Waals surface area contributed by atoms with Crippen molar-refractivity contribution in [3.63, 3.8) is 0 Å². The molecule has 0 aliphatic carbocycles. The molecule has 8 heteroatoms. The number of aliphatic hydroxyl groups excluding tert-OH is 1. The number of carboxylic acid groups (broad SMARTS) is 1. The molecule has 0 bridgehead atoms. The molecular weight excluding hydrogens is 343 g/mol. The normalized spacial score (nSPS) is 14.3. The lowest BCUT2D eigenvalue weighted by Crippen LogP contribution is -2.50. The highest BCUT2D eigenvalue weighted by molar-refractivity contribution is 7.47. The van der Waals surface area contributed by atoms with E-state index in [9.17, 15) is 19.3 Å². The first-order valence-corrected chi connectivity index (χ1v) is 9.10. The van der Waals surface area contributed by atoms with Crippen LogP contribution in [0.4, 0.5) is 5.69 Å². The van der Waals surface area contributed by atoms with Crippen molar-refractivity contribution in [2.45, 2.75) is 11.7 Å². The predicted molar refractivity (Wildman–Crippen MR) is 95.2 cm³/mol. The Bertz CT molecular complexity index is 797. The van der Waals surface area contributed by atoms with Gasteiger partial charge in [0.25, 0.3) is 5.91 Å². The average molecular weight is 362 g/mol. The van der Waals surface area contributed by atoms with Crippen molar-refractivity contribution in [1.82, 2.24) is 0 Å². The zero-order valence-electron chi connectivity index (χ0n) is 13.3. The first-order valence-electron chi connectivity index (χ1n) is 7.48. The van der Waals surface area contributed by atoms with E-state index in [4.69, 9.17) is 10.8 Å². The Morgan fingerprint density at radius 1 is 1.12 bits per heavy atom. The Hall–Kier alpha value is -2.47. The standard InChI is InChI=1S/C17H19N2O5P/c18-17(25(24)11-20,10-12-5-2-1-3-6-12)16(23)19-14-8-4-7-13(9-14)15(21)22/h1-9,20,25H,10-11,18H2,(H,19,23)(H,21,22)/t17-/m0/s1. The van der Waals surface area contributed by atoms with Crippen molar-refractivity contribution in [2.24, 2.45) is 5.73 Å². The highest BCUT2D eigenvalue weighted by Gasteiger charge is 2.40. The van der Waals surface area contributed by atoms with E-state index in [1.807, 2.05) is 0 Å². The van der Waals surface area contributed by atoms with Gasteiger partial charge >= 0.3 is 5.97 Å². The largest absolute Gasteiger partial charge is 0.478 e. The summed E-state index contributed by atoms with van der Waals surface area (Å²) >= 11 is 0. The molecule has 25 heavy (non-hydrogen) atoms. The number of rotatable bonds is 7. The summed E-state index contributed by atoms with van der Waals surface area (Å²) in [4.78, 5) is 23.7. The van der Waals surface area contributed by atoms with Crippen LogP contribution in [0, 0.1) is 0 Å². The summed E-state index contributed by atoms with van der Waals surface area (Å²) in [7, 11) is -2.85. The minimum atomic E-state index is -2.85. The van der Waals surface area contributed by atoms with E-state index in [1.165, 1.54) is 24.3 Å². The molecule has 132 valence electrons. The van der Waals surface area contributed by atoms with Crippen LogP contribution in [0.2, 0.25) is 0 Å². The van der Waals surface area contributed by atoms with Gasteiger partial charge in [-0.3, -0.25) is 4.79 Å². The molecule has 0 saturated carbocycles. The third-order valence-electron chi connectivity index (χ3n) is 3.74. The van der Waals surface area contributed by atoms with Crippen molar-refractivity contribution < 1.29 is 24.4 Å². The zero-order valence-corrected chi connectivity index (χ0v) is 14.3. The maximum absolute atomic E-state index is 12.7. The van der Waals surface area contributed by atoms with Gasteiger partial charge in [-0.25, -0.2) is 4.79 Å². The Morgan fingerprint density at radius 3 is 2.40 bits per heavy atom. The number of carbonyl (C=O) groups excluding carboxylic acids is 1. The van der Waals surface area contributed by atoms with Crippen molar-refractivity contribution in [3.05, 3.63) is 65.7 Å². The minimum Gasteiger partial charge on any atom is -0.478 e. The smallest absolute Gasteiger partial charge is 0.335 e. The van der Waals surface area contributed by atoms with Gasteiger partial charge in [-0.2, -0.15) is 0 Å². The van der Waals surface area contributed by atoms with Crippen LogP contribution in [0.15, 0.2) is 54.6 Å². The number of hydrogen-bond acceptors (Lipinski definition) is 5. The number of aliphatic hydroxyl groups is 1. The zero-order chi connectivity index (χ0) is 18.4. The van der Waals surface area contributed by atoms with E-state index in [2.05, 4.69) is 5.32 Å². The number of nitrogens with two attached hydrogens (primary N) is 1. The summed E-state index contributed by atoms with van der Waals surface area (Å²) < 4.78 is 12.3. The van der Waals surface area contributed by atoms with Crippen LogP contribution >= 0.6 is 7.80 Å². The molecule has 2 rings (SSSR count). The van der Waals surface area contributed by atoms with E-state index >= 15 is 0 Å². The lowest BCUT2D eigenvalue weighted by atomic mass is 10.1. The average Bonchev–Trinajstić information content (AvgIpc) is 2.61. The molecule has 1 unspecified atom stereocenters. The van der Waals surface area contributed by atoms with E-state index < -0.39 is 31.3 Å². The molecule has 0 radical (unpaired) electrons. The molecule has 0 spiro atoms. The predicted octanol–water partition coefficient (Wildman–Crippen LogP) is 1.73. The number of benzene rings is 2. The lowest BCUT2D eigenvalue weighted by molar-refractivity contribution is -0.118. The van der Waals surface area contributed by atoms with E-state index in [-0.39, 0.29) is 17.7 Å². The van der Waals surface area contributed by atoms with Gasteiger partial charge < -0.3 is 25.8 Å². The van der Waals surface area contributed by atoms with Crippen LogP contribution in [-0.4, -0.2) is 33.7 Å². The van der Waals surface area contributed by atoms with Gasteiger partial charge in [0.2, 0.25) is 0 Å². The maximum atomic E-state index is 12.7. The van der Waals surface area contributed by atoms with Crippen LogP contribution in [0.1, 0.15) is 15.9 Å². The molecular formula is C17H19N2O5P. The Balaban J connectivity index is 2.28. The van der Waals surface area contributed by atoms with Crippen LogP contribution in [0.25, 0.3) is 0 Å². The van der Waals surface area contributed by atoms with E-state index in [0.717, 1.165) is 0 Å². The minimum absolute atomic E-state index is 0.00158. The van der Waals surface area contributed by atoms with Gasteiger partial charge in [0.1, 0.15) is 7.80 Å². The van der Waals surface area contributed by atoms with Crippen LogP contribution in [0.5, 0.6) is 0 Å². The molecule has 0 aromatic heterocycles. The monoisotopic (exact) mass is 362 g/mol. The first kappa shape index (κ1) is 18.9. The quantitative estimate of drug-likeness (QED) is 0.555. The number of anilines is 1. The highest BCUT2D eigenvalue weighted by atomic mass is 31.1. The second-order valence-corrected chi connectivity index (χ2v) is 7.61. The van der Waals surface area contributed by atoms with Gasteiger partial charge in [0.05, 0.1) is 11.9 Å². The summed E-state index contributed by atoms with van der Waals surface area (Å²) in [5.74, 6) is -1.87. The van der Waals surface area contributed by atoms with Crippen molar-refractivity contribution >= 4 is 25.4 Å². The Kier molecular flexibility index (Phi) is 6.09. The van der Waals surface area contributed by atoms with Gasteiger partial charge in [-0.1, -0.05) is 36.4 Å².